The lowest BCUT2D eigenvalue weighted by Crippen LogP contribution is -2.29. The molecular formula is C47H80O8. The van der Waals surface area contributed by atoms with Crippen LogP contribution < -0.4 is 0 Å². The minimum atomic E-state index is -0.603. The fourth-order valence-electron chi connectivity index (χ4n) is 6.25. The van der Waals surface area contributed by atoms with Crippen LogP contribution in [0.15, 0.2) is 54.6 Å². The summed E-state index contributed by atoms with van der Waals surface area (Å²) in [5, 5.41) is 20.1. The quantitative estimate of drug-likeness (QED) is 0.0294. The van der Waals surface area contributed by atoms with Crippen molar-refractivity contribution in [2.75, 3.05) is 20.0 Å². The Morgan fingerprint density at radius 2 is 1.04 bits per heavy atom. The number of carbonyl (C=O) groups excluding carboxylic acids is 2. The highest BCUT2D eigenvalue weighted by atomic mass is 16.7. The van der Waals surface area contributed by atoms with Crippen LogP contribution in [0.4, 0.5) is 0 Å². The number of benzene rings is 1. The topological polar surface area (TPSA) is 112 Å². The number of ether oxygens (including phenoxy) is 4. The molecule has 0 bridgehead atoms. The number of unbranched alkanes of at least 4 members (excludes halogenated alkanes) is 16. The third-order valence-electron chi connectivity index (χ3n) is 9.79. The maximum absolute atomic E-state index is 12.5. The molecule has 8 heteroatoms. The molecule has 1 aromatic rings. The number of aliphatic hydroxyl groups is 2. The number of esters is 2. The molecule has 0 saturated heterocycles. The molecule has 0 aromatic heterocycles. The summed E-state index contributed by atoms with van der Waals surface area (Å²) in [6.45, 7) is 4.81. The van der Waals surface area contributed by atoms with E-state index in [1.807, 2.05) is 30.3 Å². The molecule has 0 radical (unpaired) electrons. The van der Waals surface area contributed by atoms with E-state index in [2.05, 4.69) is 38.2 Å². The molecule has 2 atom stereocenters. The molecule has 8 nitrogen and oxygen atoms in total. The van der Waals surface area contributed by atoms with E-state index < -0.39 is 6.10 Å². The molecule has 0 fully saturated rings. The van der Waals surface area contributed by atoms with E-state index in [-0.39, 0.29) is 44.2 Å². The van der Waals surface area contributed by atoms with Crippen LogP contribution in [0.25, 0.3) is 0 Å². The normalized spacial score (nSPS) is 12.9. The molecular weight excluding hydrogens is 693 g/mol. The molecule has 316 valence electrons. The van der Waals surface area contributed by atoms with Crippen molar-refractivity contribution in [3.8, 4) is 0 Å². The van der Waals surface area contributed by atoms with Crippen molar-refractivity contribution in [3.05, 3.63) is 60.2 Å². The molecule has 0 amide bonds. The summed E-state index contributed by atoms with van der Waals surface area (Å²) < 4.78 is 22.5. The average Bonchev–Trinajstić information content (AvgIpc) is 3.19. The summed E-state index contributed by atoms with van der Waals surface area (Å²) in [5.41, 5.74) is 1.03. The smallest absolute Gasteiger partial charge is 0.305 e. The summed E-state index contributed by atoms with van der Waals surface area (Å²) in [6, 6.07) is 9.81. The van der Waals surface area contributed by atoms with Crippen molar-refractivity contribution in [2.24, 2.45) is 0 Å². The van der Waals surface area contributed by atoms with Crippen molar-refractivity contribution in [2.45, 2.75) is 206 Å². The lowest BCUT2D eigenvalue weighted by molar-refractivity contribution is -0.166. The highest BCUT2D eigenvalue weighted by Gasteiger charge is 2.16. The van der Waals surface area contributed by atoms with Gasteiger partial charge < -0.3 is 29.2 Å². The van der Waals surface area contributed by atoms with Gasteiger partial charge in [0.2, 0.25) is 0 Å². The number of carbonyl (C=O) groups is 2. The summed E-state index contributed by atoms with van der Waals surface area (Å²) in [7, 11) is 0. The zero-order chi connectivity index (χ0) is 39.9. The fraction of sp³-hybridized carbons (Fsp3) is 0.745. The first-order chi connectivity index (χ1) is 26.9. The van der Waals surface area contributed by atoms with Gasteiger partial charge in [0.15, 0.2) is 0 Å². The number of rotatable bonds is 39. The van der Waals surface area contributed by atoms with Crippen molar-refractivity contribution in [1.82, 2.24) is 0 Å². The van der Waals surface area contributed by atoms with E-state index >= 15 is 0 Å². The Morgan fingerprint density at radius 3 is 1.53 bits per heavy atom. The zero-order valence-electron chi connectivity index (χ0n) is 35.0. The summed E-state index contributed by atoms with van der Waals surface area (Å²) in [6.07, 6.45) is 33.3. The lowest BCUT2D eigenvalue weighted by atomic mass is 10.1. The predicted molar refractivity (Wildman–Crippen MR) is 225 cm³/mol. The van der Waals surface area contributed by atoms with Crippen LogP contribution in [0.1, 0.15) is 186 Å². The second-order valence-corrected chi connectivity index (χ2v) is 15.1. The maximum atomic E-state index is 12.5. The molecule has 55 heavy (non-hydrogen) atoms. The van der Waals surface area contributed by atoms with E-state index in [1.54, 1.807) is 0 Å². The molecule has 0 aliphatic carbocycles. The van der Waals surface area contributed by atoms with Crippen molar-refractivity contribution in [3.63, 3.8) is 0 Å². The van der Waals surface area contributed by atoms with Crippen molar-refractivity contribution >= 4 is 11.9 Å². The van der Waals surface area contributed by atoms with Crippen LogP contribution >= 0.6 is 0 Å². The third kappa shape index (κ3) is 34.5. The number of hydrogen-bond acceptors (Lipinski definition) is 8. The second kappa shape index (κ2) is 38.4. The predicted octanol–water partition coefficient (Wildman–Crippen LogP) is 11.6. The minimum Gasteiger partial charge on any atom is -0.463 e. The van der Waals surface area contributed by atoms with Crippen LogP contribution in [-0.4, -0.2) is 60.5 Å². The SMILES string of the molecule is CCCCCC[C@@H](O)C/C=C\CCCCCCCC(=O)OCC(COC(=O)CCCCCCC/C=C\C[C@H](O)CCCCCC)OCOCc1ccccc1. The van der Waals surface area contributed by atoms with Gasteiger partial charge in [-0.1, -0.05) is 158 Å². The first kappa shape index (κ1) is 50.5. The Balaban J connectivity index is 2.21. The van der Waals surface area contributed by atoms with Crippen LogP contribution in [0.5, 0.6) is 0 Å². The maximum Gasteiger partial charge on any atom is 0.305 e. The molecule has 0 aliphatic heterocycles. The molecule has 1 rings (SSSR count). The van der Waals surface area contributed by atoms with Gasteiger partial charge in [0.25, 0.3) is 0 Å². The Kier molecular flexibility index (Phi) is 35.2. The van der Waals surface area contributed by atoms with E-state index in [0.717, 1.165) is 121 Å². The Hall–Kier alpha value is -2.52. The molecule has 0 saturated carbocycles. The molecule has 0 spiro atoms. The monoisotopic (exact) mass is 773 g/mol. The third-order valence-corrected chi connectivity index (χ3v) is 9.79. The summed E-state index contributed by atoms with van der Waals surface area (Å²) in [5.74, 6) is -0.542. The van der Waals surface area contributed by atoms with Crippen LogP contribution in [-0.2, 0) is 35.1 Å². The molecule has 0 aliphatic rings. The highest BCUT2D eigenvalue weighted by molar-refractivity contribution is 5.69. The molecule has 2 N–H and O–H groups in total. The van der Waals surface area contributed by atoms with Crippen LogP contribution in [0, 0.1) is 0 Å². The highest BCUT2D eigenvalue weighted by Crippen LogP contribution is 2.13. The second-order valence-electron chi connectivity index (χ2n) is 15.1. The van der Waals surface area contributed by atoms with E-state index in [4.69, 9.17) is 18.9 Å². The Morgan fingerprint density at radius 1 is 0.582 bits per heavy atom. The van der Waals surface area contributed by atoms with Crippen molar-refractivity contribution in [1.29, 1.82) is 0 Å². The summed E-state index contributed by atoms with van der Waals surface area (Å²) in [4.78, 5) is 25.0. The lowest BCUT2D eigenvalue weighted by Gasteiger charge is -2.18. The average molecular weight is 773 g/mol. The van der Waals surface area contributed by atoms with Crippen molar-refractivity contribution < 1.29 is 38.7 Å². The van der Waals surface area contributed by atoms with Gasteiger partial charge >= 0.3 is 11.9 Å². The van der Waals surface area contributed by atoms with Gasteiger partial charge in [-0.05, 0) is 69.8 Å². The van der Waals surface area contributed by atoms with E-state index in [9.17, 15) is 19.8 Å². The van der Waals surface area contributed by atoms with Crippen LogP contribution in [0.3, 0.4) is 0 Å². The van der Waals surface area contributed by atoms with Crippen LogP contribution in [0.2, 0.25) is 0 Å². The van der Waals surface area contributed by atoms with Gasteiger partial charge in [-0.15, -0.1) is 0 Å². The molecule has 0 heterocycles. The largest absolute Gasteiger partial charge is 0.463 e. The number of hydrogen-bond donors (Lipinski definition) is 2. The molecule has 0 unspecified atom stereocenters. The zero-order valence-corrected chi connectivity index (χ0v) is 35.0. The van der Waals surface area contributed by atoms with Gasteiger partial charge in [0, 0.05) is 12.8 Å². The van der Waals surface area contributed by atoms with E-state index in [0.29, 0.717) is 19.4 Å². The van der Waals surface area contributed by atoms with E-state index in [1.165, 1.54) is 38.5 Å². The number of aliphatic hydroxyl groups excluding tert-OH is 2. The first-order valence-corrected chi connectivity index (χ1v) is 22.1. The Bertz CT molecular complexity index is 998. The first-order valence-electron chi connectivity index (χ1n) is 22.1. The van der Waals surface area contributed by atoms with Gasteiger partial charge in [-0.25, -0.2) is 0 Å². The Labute approximate surface area is 335 Å². The summed E-state index contributed by atoms with van der Waals surface area (Å²) >= 11 is 0. The standard InChI is InChI=1S/C47H80O8/c1-3-5-7-24-32-43(48)34-26-17-13-9-11-15-19-28-36-46(50)53-39-45(55-41-52-38-42-30-22-21-23-31-42)40-54-47(51)37-29-20-16-12-10-14-18-27-35-44(49)33-25-8-6-4-2/h17-18,21-23,26-27,30-31,43-45,48-49H,3-16,19-20,24-25,28-29,32-41H2,1-2H3/b26-17-,27-18-/t43-,44-/m1/s1. The van der Waals surface area contributed by atoms with Gasteiger partial charge in [0.1, 0.15) is 26.1 Å². The van der Waals surface area contributed by atoms with Gasteiger partial charge in [0.05, 0.1) is 18.8 Å². The van der Waals surface area contributed by atoms with Gasteiger partial charge in [-0.3, -0.25) is 9.59 Å². The minimum absolute atomic E-state index is 0.00169. The number of allylic oxidation sites excluding steroid dienone is 2. The fourth-order valence-corrected chi connectivity index (χ4v) is 6.25. The van der Waals surface area contributed by atoms with Gasteiger partial charge in [-0.2, -0.15) is 0 Å². The molecule has 1 aromatic carbocycles.